The zero-order valence-electron chi connectivity index (χ0n) is 11.4. The fourth-order valence-electron chi connectivity index (χ4n) is 2.24. The molecule has 7 heteroatoms. The summed E-state index contributed by atoms with van der Waals surface area (Å²) in [4.78, 5) is 11.7. The lowest BCUT2D eigenvalue weighted by molar-refractivity contribution is -0.137. The molecule has 1 aliphatic heterocycles. The predicted molar refractivity (Wildman–Crippen MR) is 76.2 cm³/mol. The van der Waals surface area contributed by atoms with E-state index in [9.17, 15) is 18.0 Å². The van der Waals surface area contributed by atoms with E-state index in [2.05, 4.69) is 10.6 Å². The second-order valence-electron chi connectivity index (χ2n) is 4.97. The number of rotatable bonds is 4. The topological polar surface area (TPSA) is 41.1 Å². The average molecular weight is 323 g/mol. The molecule has 0 bridgehead atoms. The fourth-order valence-corrected chi connectivity index (χ4v) is 2.24. The Morgan fingerprint density at radius 1 is 1.29 bits per heavy atom. The number of carbonyl (C=O) groups excluding carboxylic acids is 1. The Morgan fingerprint density at radius 3 is 2.48 bits per heavy atom. The molecule has 3 nitrogen and oxygen atoms in total. The summed E-state index contributed by atoms with van der Waals surface area (Å²) in [5.74, 6) is -0.0794. The molecular weight excluding hydrogens is 305 g/mol. The van der Waals surface area contributed by atoms with Gasteiger partial charge in [-0.05, 0) is 37.1 Å². The average Bonchev–Trinajstić information content (AvgIpc) is 2.88. The van der Waals surface area contributed by atoms with E-state index in [0.29, 0.717) is 12.0 Å². The van der Waals surface area contributed by atoms with Gasteiger partial charge in [-0.1, -0.05) is 12.1 Å². The molecule has 0 radical (unpaired) electrons. The molecule has 0 spiro atoms. The second kappa shape index (κ2) is 7.66. The van der Waals surface area contributed by atoms with Gasteiger partial charge in [-0.2, -0.15) is 13.2 Å². The third-order valence-electron chi connectivity index (χ3n) is 3.37. The number of carbonyl (C=O) groups is 1. The maximum absolute atomic E-state index is 12.4. The van der Waals surface area contributed by atoms with Crippen molar-refractivity contribution < 1.29 is 18.0 Å². The summed E-state index contributed by atoms with van der Waals surface area (Å²) in [6.45, 7) is 1.19. The third-order valence-corrected chi connectivity index (χ3v) is 3.37. The predicted octanol–water partition coefficient (Wildman–Crippen LogP) is 2.89. The molecule has 0 saturated carbocycles. The van der Waals surface area contributed by atoms with Gasteiger partial charge in [-0.3, -0.25) is 4.79 Å². The van der Waals surface area contributed by atoms with Crippen LogP contribution in [0.25, 0.3) is 0 Å². The number of benzene rings is 1. The quantitative estimate of drug-likeness (QED) is 0.895. The Balaban J connectivity index is 0.00000220. The van der Waals surface area contributed by atoms with Gasteiger partial charge in [0.05, 0.1) is 5.56 Å². The van der Waals surface area contributed by atoms with E-state index in [1.165, 1.54) is 12.1 Å². The summed E-state index contributed by atoms with van der Waals surface area (Å²) in [5.41, 5.74) is -0.0199. The van der Waals surface area contributed by atoms with Gasteiger partial charge in [0.2, 0.25) is 5.91 Å². The largest absolute Gasteiger partial charge is 0.416 e. The highest BCUT2D eigenvalue weighted by Gasteiger charge is 2.29. The highest BCUT2D eigenvalue weighted by molar-refractivity contribution is 5.85. The smallest absolute Gasteiger partial charge is 0.352 e. The molecule has 1 saturated heterocycles. The summed E-state index contributed by atoms with van der Waals surface area (Å²) < 4.78 is 37.2. The Labute approximate surface area is 127 Å². The van der Waals surface area contributed by atoms with Gasteiger partial charge in [0.25, 0.3) is 0 Å². The van der Waals surface area contributed by atoms with Gasteiger partial charge in [0, 0.05) is 19.0 Å². The monoisotopic (exact) mass is 322 g/mol. The minimum absolute atomic E-state index is 0. The Hall–Kier alpha value is -1.27. The Morgan fingerprint density at radius 2 is 1.95 bits per heavy atom. The molecule has 1 fully saturated rings. The number of halogens is 4. The molecule has 118 valence electrons. The van der Waals surface area contributed by atoms with Crippen LogP contribution in [0, 0.1) is 0 Å². The molecule has 1 aliphatic rings. The lowest BCUT2D eigenvalue weighted by atomic mass is 10.1. The van der Waals surface area contributed by atoms with Crippen molar-refractivity contribution in [1.29, 1.82) is 0 Å². The molecule has 0 aliphatic carbocycles. The van der Waals surface area contributed by atoms with E-state index in [0.717, 1.165) is 31.5 Å². The number of alkyl halides is 3. The van der Waals surface area contributed by atoms with Crippen molar-refractivity contribution in [3.63, 3.8) is 0 Å². The van der Waals surface area contributed by atoms with E-state index >= 15 is 0 Å². The SMILES string of the molecule is Cl.O=C(CC1CCCN1)NCc1ccc(C(F)(F)F)cc1. The normalized spacial score (nSPS) is 18.1. The maximum Gasteiger partial charge on any atom is 0.416 e. The first-order valence-corrected chi connectivity index (χ1v) is 6.61. The summed E-state index contributed by atoms with van der Waals surface area (Å²) in [5, 5.41) is 5.95. The zero-order valence-corrected chi connectivity index (χ0v) is 12.2. The van der Waals surface area contributed by atoms with Crippen molar-refractivity contribution in [2.45, 2.75) is 38.0 Å². The first kappa shape index (κ1) is 17.8. The van der Waals surface area contributed by atoms with Gasteiger partial charge < -0.3 is 10.6 Å². The minimum atomic E-state index is -4.32. The first-order valence-electron chi connectivity index (χ1n) is 6.61. The molecule has 1 unspecified atom stereocenters. The molecule has 1 aromatic rings. The molecule has 2 N–H and O–H groups in total. The third kappa shape index (κ3) is 5.55. The van der Waals surface area contributed by atoms with Crippen LogP contribution in [0.2, 0.25) is 0 Å². The van der Waals surface area contributed by atoms with Crippen LogP contribution in [-0.2, 0) is 17.5 Å². The van der Waals surface area contributed by atoms with Crippen LogP contribution in [0.3, 0.4) is 0 Å². The van der Waals surface area contributed by atoms with Gasteiger partial charge in [-0.15, -0.1) is 12.4 Å². The Bertz CT molecular complexity index is 456. The molecule has 1 heterocycles. The van der Waals surface area contributed by atoms with E-state index in [-0.39, 0.29) is 30.9 Å². The van der Waals surface area contributed by atoms with Gasteiger partial charge in [-0.25, -0.2) is 0 Å². The van der Waals surface area contributed by atoms with Crippen LogP contribution in [0.5, 0.6) is 0 Å². The maximum atomic E-state index is 12.4. The molecule has 1 atom stereocenters. The van der Waals surface area contributed by atoms with Crippen LogP contribution >= 0.6 is 12.4 Å². The molecule has 21 heavy (non-hydrogen) atoms. The standard InChI is InChI=1S/C14H17F3N2O.ClH/c15-14(16,17)11-5-3-10(4-6-11)9-19-13(20)8-12-2-1-7-18-12;/h3-6,12,18H,1-2,7-9H2,(H,19,20);1H. The summed E-state index contributed by atoms with van der Waals surface area (Å²) in [6.07, 6.45) is -1.83. The van der Waals surface area contributed by atoms with Crippen LogP contribution < -0.4 is 10.6 Å². The highest BCUT2D eigenvalue weighted by Crippen LogP contribution is 2.29. The highest BCUT2D eigenvalue weighted by atomic mass is 35.5. The summed E-state index contributed by atoms with van der Waals surface area (Å²) in [7, 11) is 0. The number of nitrogens with one attached hydrogen (secondary N) is 2. The molecular formula is C14H18ClF3N2O. The minimum Gasteiger partial charge on any atom is -0.352 e. The second-order valence-corrected chi connectivity index (χ2v) is 4.97. The van der Waals surface area contributed by atoms with Crippen LogP contribution in [0.1, 0.15) is 30.4 Å². The number of amides is 1. The lowest BCUT2D eigenvalue weighted by Gasteiger charge is -2.11. The first-order chi connectivity index (χ1) is 9.45. The molecule has 0 aromatic heterocycles. The lowest BCUT2D eigenvalue weighted by Crippen LogP contribution is -2.31. The van der Waals surface area contributed by atoms with Crippen LogP contribution in [-0.4, -0.2) is 18.5 Å². The Kier molecular flexibility index (Phi) is 6.48. The van der Waals surface area contributed by atoms with Crippen molar-refractivity contribution in [2.24, 2.45) is 0 Å². The van der Waals surface area contributed by atoms with Crippen molar-refractivity contribution in [1.82, 2.24) is 10.6 Å². The van der Waals surface area contributed by atoms with Crippen LogP contribution in [0.15, 0.2) is 24.3 Å². The van der Waals surface area contributed by atoms with Crippen molar-refractivity contribution >= 4 is 18.3 Å². The molecule has 2 rings (SSSR count). The van der Waals surface area contributed by atoms with Crippen molar-refractivity contribution in [3.05, 3.63) is 35.4 Å². The van der Waals surface area contributed by atoms with E-state index < -0.39 is 11.7 Å². The van der Waals surface area contributed by atoms with E-state index in [1.54, 1.807) is 0 Å². The van der Waals surface area contributed by atoms with Crippen molar-refractivity contribution in [3.8, 4) is 0 Å². The molecule has 1 aromatic carbocycles. The van der Waals surface area contributed by atoms with E-state index in [1.807, 2.05) is 0 Å². The van der Waals surface area contributed by atoms with Gasteiger partial charge in [0.15, 0.2) is 0 Å². The summed E-state index contributed by atoms with van der Waals surface area (Å²) in [6, 6.07) is 5.05. The van der Waals surface area contributed by atoms with Gasteiger partial charge >= 0.3 is 6.18 Å². The fraction of sp³-hybridized carbons (Fsp3) is 0.500. The summed E-state index contributed by atoms with van der Waals surface area (Å²) >= 11 is 0. The zero-order chi connectivity index (χ0) is 14.6. The van der Waals surface area contributed by atoms with Crippen LogP contribution in [0.4, 0.5) is 13.2 Å². The number of hydrogen-bond acceptors (Lipinski definition) is 2. The van der Waals surface area contributed by atoms with E-state index in [4.69, 9.17) is 0 Å². The molecule has 1 amide bonds. The number of hydrogen-bond donors (Lipinski definition) is 2. The van der Waals surface area contributed by atoms with Crippen molar-refractivity contribution in [2.75, 3.05) is 6.54 Å². The van der Waals surface area contributed by atoms with Gasteiger partial charge in [0.1, 0.15) is 0 Å².